The number of benzene rings is 1. The van der Waals surface area contributed by atoms with Crippen molar-refractivity contribution in [2.24, 2.45) is 0 Å². The van der Waals surface area contributed by atoms with E-state index in [1.165, 1.54) is 0 Å². The van der Waals surface area contributed by atoms with Crippen LogP contribution in [0.4, 0.5) is 5.69 Å². The summed E-state index contributed by atoms with van der Waals surface area (Å²) < 4.78 is 24.6. The highest BCUT2D eigenvalue weighted by atomic mass is 32.2. The zero-order chi connectivity index (χ0) is 12.9. The van der Waals surface area contributed by atoms with E-state index in [0.29, 0.717) is 12.1 Å². The maximum atomic E-state index is 11.2. The van der Waals surface area contributed by atoms with Gasteiger partial charge in [-0.25, -0.2) is 13.1 Å². The third kappa shape index (κ3) is 5.32. The quantitative estimate of drug-likeness (QED) is 0.613. The molecule has 7 heteroatoms. The summed E-state index contributed by atoms with van der Waals surface area (Å²) in [5.41, 5.74) is 7.07. The Balaban J connectivity index is 2.42. The fourth-order valence-corrected chi connectivity index (χ4v) is 2.09. The second-order valence-electron chi connectivity index (χ2n) is 3.54. The van der Waals surface area contributed by atoms with Gasteiger partial charge in [0.1, 0.15) is 0 Å². The van der Waals surface area contributed by atoms with Gasteiger partial charge in [-0.05, 0) is 24.1 Å². The molecule has 17 heavy (non-hydrogen) atoms. The Morgan fingerprint density at radius 2 is 1.88 bits per heavy atom. The number of carbonyl (C=O) groups is 1. The van der Waals surface area contributed by atoms with Crippen LogP contribution in [0.5, 0.6) is 0 Å². The summed E-state index contributed by atoms with van der Waals surface area (Å²) in [5, 5.41) is 8.36. The summed E-state index contributed by atoms with van der Waals surface area (Å²) >= 11 is 0. The van der Waals surface area contributed by atoms with Gasteiger partial charge in [-0.1, -0.05) is 12.1 Å². The predicted molar refractivity (Wildman–Crippen MR) is 64.0 cm³/mol. The first kappa shape index (κ1) is 13.5. The third-order valence-electron chi connectivity index (χ3n) is 2.03. The Kier molecular flexibility index (Phi) is 4.47. The number of sulfonamides is 1. The molecule has 94 valence electrons. The number of anilines is 1. The number of nitrogens with two attached hydrogens (primary N) is 1. The average Bonchev–Trinajstić information content (AvgIpc) is 2.18. The van der Waals surface area contributed by atoms with E-state index in [1.54, 1.807) is 24.3 Å². The first-order valence-electron chi connectivity index (χ1n) is 4.92. The largest absolute Gasteiger partial charge is 0.480 e. The van der Waals surface area contributed by atoms with Crippen molar-refractivity contribution in [2.45, 2.75) is 6.42 Å². The van der Waals surface area contributed by atoms with Crippen LogP contribution in [0, 0.1) is 0 Å². The van der Waals surface area contributed by atoms with Crippen molar-refractivity contribution in [3.05, 3.63) is 29.8 Å². The summed E-state index contributed by atoms with van der Waals surface area (Å²) in [7, 11) is -3.73. The second-order valence-corrected chi connectivity index (χ2v) is 5.35. The Morgan fingerprint density at radius 1 is 1.29 bits per heavy atom. The van der Waals surface area contributed by atoms with Gasteiger partial charge >= 0.3 is 5.97 Å². The minimum Gasteiger partial charge on any atom is -0.480 e. The van der Waals surface area contributed by atoms with Gasteiger partial charge in [0, 0.05) is 12.2 Å². The number of carboxylic acids is 1. The summed E-state index contributed by atoms with van der Waals surface area (Å²) in [4.78, 5) is 10.3. The van der Waals surface area contributed by atoms with Gasteiger partial charge in [0.2, 0.25) is 10.0 Å². The first-order valence-corrected chi connectivity index (χ1v) is 6.58. The van der Waals surface area contributed by atoms with Crippen LogP contribution in [0.1, 0.15) is 5.56 Å². The molecule has 0 aliphatic carbocycles. The normalized spacial score (nSPS) is 11.3. The van der Waals surface area contributed by atoms with E-state index in [9.17, 15) is 13.2 Å². The van der Waals surface area contributed by atoms with Gasteiger partial charge in [0.05, 0.1) is 0 Å². The number of nitrogens with one attached hydrogen (secondary N) is 1. The van der Waals surface area contributed by atoms with Gasteiger partial charge in [-0.3, -0.25) is 4.79 Å². The number of hydrogen-bond donors (Lipinski definition) is 3. The molecule has 0 amide bonds. The second kappa shape index (κ2) is 5.65. The van der Waals surface area contributed by atoms with E-state index in [0.717, 1.165) is 5.56 Å². The van der Waals surface area contributed by atoms with Crippen LogP contribution >= 0.6 is 0 Å². The molecule has 0 saturated carbocycles. The Bertz CT molecular complexity index is 482. The van der Waals surface area contributed by atoms with Gasteiger partial charge in [0.25, 0.3) is 0 Å². The van der Waals surface area contributed by atoms with E-state index in [2.05, 4.69) is 4.72 Å². The molecule has 0 radical (unpaired) electrons. The molecule has 0 heterocycles. The van der Waals surface area contributed by atoms with Crippen LogP contribution in [0.2, 0.25) is 0 Å². The highest BCUT2D eigenvalue weighted by Crippen LogP contribution is 2.05. The van der Waals surface area contributed by atoms with Gasteiger partial charge in [-0.15, -0.1) is 0 Å². The Hall–Kier alpha value is -1.60. The molecular formula is C10H14N2O4S. The van der Waals surface area contributed by atoms with Crippen molar-refractivity contribution >= 4 is 21.7 Å². The molecule has 0 unspecified atom stereocenters. The molecule has 0 fully saturated rings. The zero-order valence-electron chi connectivity index (χ0n) is 9.09. The van der Waals surface area contributed by atoms with Crippen LogP contribution < -0.4 is 10.5 Å². The third-order valence-corrected chi connectivity index (χ3v) is 3.30. The van der Waals surface area contributed by atoms with Crippen molar-refractivity contribution in [2.75, 3.05) is 18.0 Å². The topological polar surface area (TPSA) is 109 Å². The maximum absolute atomic E-state index is 11.2. The maximum Gasteiger partial charge on any atom is 0.320 e. The summed E-state index contributed by atoms with van der Waals surface area (Å²) in [6.07, 6.45) is 0.485. The van der Waals surface area contributed by atoms with E-state index in [-0.39, 0.29) is 6.54 Å². The van der Waals surface area contributed by atoms with Crippen LogP contribution in [0.15, 0.2) is 24.3 Å². The van der Waals surface area contributed by atoms with Gasteiger partial charge in [-0.2, -0.15) is 0 Å². The molecular weight excluding hydrogens is 244 g/mol. The average molecular weight is 258 g/mol. The van der Waals surface area contributed by atoms with E-state index >= 15 is 0 Å². The Labute approximate surface area is 99.5 Å². The molecule has 4 N–H and O–H groups in total. The minimum absolute atomic E-state index is 0.166. The molecule has 0 spiro atoms. The molecule has 0 saturated heterocycles. The molecule has 0 aliphatic rings. The van der Waals surface area contributed by atoms with Gasteiger partial charge in [0.15, 0.2) is 5.75 Å². The molecule has 0 atom stereocenters. The highest BCUT2D eigenvalue weighted by molar-refractivity contribution is 7.90. The monoisotopic (exact) mass is 258 g/mol. The Morgan fingerprint density at radius 3 is 2.41 bits per heavy atom. The fourth-order valence-electron chi connectivity index (χ4n) is 1.25. The van der Waals surface area contributed by atoms with Crippen molar-refractivity contribution < 1.29 is 18.3 Å². The fraction of sp³-hybridized carbons (Fsp3) is 0.300. The van der Waals surface area contributed by atoms with Crippen molar-refractivity contribution in [3.8, 4) is 0 Å². The van der Waals surface area contributed by atoms with E-state index < -0.39 is 21.7 Å². The van der Waals surface area contributed by atoms with Crippen LogP contribution in [0.25, 0.3) is 0 Å². The van der Waals surface area contributed by atoms with E-state index in [4.69, 9.17) is 10.8 Å². The zero-order valence-corrected chi connectivity index (χ0v) is 9.90. The van der Waals surface area contributed by atoms with E-state index in [1.807, 2.05) is 0 Å². The summed E-state index contributed by atoms with van der Waals surface area (Å²) in [6.45, 7) is 0.166. The van der Waals surface area contributed by atoms with Crippen LogP contribution in [0.3, 0.4) is 0 Å². The molecule has 0 aliphatic heterocycles. The lowest BCUT2D eigenvalue weighted by atomic mass is 10.1. The van der Waals surface area contributed by atoms with Crippen LogP contribution in [-0.4, -0.2) is 31.8 Å². The highest BCUT2D eigenvalue weighted by Gasteiger charge is 2.14. The minimum atomic E-state index is -3.73. The van der Waals surface area contributed by atoms with Crippen molar-refractivity contribution in [1.82, 2.24) is 4.72 Å². The molecule has 1 rings (SSSR count). The molecule has 1 aromatic rings. The first-order chi connectivity index (χ1) is 7.89. The summed E-state index contributed by atoms with van der Waals surface area (Å²) in [6, 6.07) is 7.03. The van der Waals surface area contributed by atoms with Crippen molar-refractivity contribution in [1.29, 1.82) is 0 Å². The number of rotatable bonds is 6. The molecule has 0 aromatic heterocycles. The molecule has 1 aromatic carbocycles. The molecule has 0 bridgehead atoms. The number of nitrogen functional groups attached to an aromatic ring is 1. The lowest BCUT2D eigenvalue weighted by Gasteiger charge is -2.04. The number of carboxylic acid groups (broad SMARTS) is 1. The predicted octanol–water partition coefficient (Wildman–Crippen LogP) is -0.185. The summed E-state index contributed by atoms with van der Waals surface area (Å²) in [5.74, 6) is -2.28. The smallest absolute Gasteiger partial charge is 0.320 e. The number of hydrogen-bond acceptors (Lipinski definition) is 4. The lowest BCUT2D eigenvalue weighted by Crippen LogP contribution is -2.31. The number of aliphatic carboxylic acids is 1. The van der Waals surface area contributed by atoms with Gasteiger partial charge < -0.3 is 10.8 Å². The van der Waals surface area contributed by atoms with Crippen LogP contribution in [-0.2, 0) is 21.2 Å². The molecule has 6 nitrogen and oxygen atoms in total. The standard InChI is InChI=1S/C10H14N2O4S/c11-9-3-1-8(2-4-9)5-6-12-17(15,16)7-10(13)14/h1-4,12H,5-7,11H2,(H,13,14). The SMILES string of the molecule is Nc1ccc(CCNS(=O)(=O)CC(=O)O)cc1. The van der Waals surface area contributed by atoms with Crippen molar-refractivity contribution in [3.63, 3.8) is 0 Å². The lowest BCUT2D eigenvalue weighted by molar-refractivity contribution is -0.134.